The molecule has 0 spiro atoms. The van der Waals surface area contributed by atoms with Crippen LogP contribution < -0.4 is 5.32 Å². The number of hydrogen-bond donors (Lipinski definition) is 1. The normalized spacial score (nSPS) is 16.1. The molecule has 1 N–H and O–H groups in total. The molecule has 0 unspecified atom stereocenters. The third-order valence-corrected chi connectivity index (χ3v) is 5.78. The van der Waals surface area contributed by atoms with Crippen LogP contribution in [0, 0.1) is 6.92 Å². The van der Waals surface area contributed by atoms with Crippen molar-refractivity contribution in [2.45, 2.75) is 37.6 Å². The number of carbonyl (C=O) groups excluding carboxylic acids is 1. The maximum Gasteiger partial charge on any atom is 0.234 e. The van der Waals surface area contributed by atoms with E-state index in [1.807, 2.05) is 43.3 Å². The van der Waals surface area contributed by atoms with Crippen LogP contribution in [0.25, 0.3) is 11.4 Å². The lowest BCUT2D eigenvalue weighted by Gasteiger charge is -2.14. The van der Waals surface area contributed by atoms with Gasteiger partial charge in [0, 0.05) is 30.3 Å². The van der Waals surface area contributed by atoms with E-state index in [9.17, 15) is 4.79 Å². The number of nitrogens with zero attached hydrogens (tertiary/aromatic N) is 4. The monoisotopic (exact) mass is 409 g/mol. The first kappa shape index (κ1) is 19.6. The van der Waals surface area contributed by atoms with E-state index in [1.165, 1.54) is 11.8 Å². The molecule has 1 atom stereocenters. The lowest BCUT2D eigenvalue weighted by atomic mass is 10.2. The summed E-state index contributed by atoms with van der Waals surface area (Å²) in [4.78, 5) is 16.5. The highest BCUT2D eigenvalue weighted by molar-refractivity contribution is 7.99. The Balaban J connectivity index is 1.49. The number of pyridine rings is 1. The molecule has 1 aliphatic heterocycles. The van der Waals surface area contributed by atoms with Crippen molar-refractivity contribution in [2.75, 3.05) is 17.7 Å². The van der Waals surface area contributed by atoms with Crippen molar-refractivity contribution in [3.05, 3.63) is 54.4 Å². The molecule has 1 aromatic carbocycles. The molecular formula is C21H23N5O2S. The average Bonchev–Trinajstić information content (AvgIpc) is 3.39. The molecule has 8 heteroatoms. The predicted molar refractivity (Wildman–Crippen MR) is 113 cm³/mol. The van der Waals surface area contributed by atoms with Crippen LogP contribution in [0.3, 0.4) is 0 Å². The molecule has 1 fully saturated rings. The van der Waals surface area contributed by atoms with Gasteiger partial charge in [0.25, 0.3) is 0 Å². The molecule has 1 aliphatic rings. The molecule has 1 amide bonds. The molecule has 2 aromatic heterocycles. The van der Waals surface area contributed by atoms with Gasteiger partial charge < -0.3 is 10.1 Å². The quantitative estimate of drug-likeness (QED) is 0.601. The number of para-hydroxylation sites is 1. The maximum absolute atomic E-state index is 12.4. The number of ether oxygens (including phenoxy) is 1. The number of carbonyl (C=O) groups is 1. The predicted octanol–water partition coefficient (Wildman–Crippen LogP) is 3.56. The summed E-state index contributed by atoms with van der Waals surface area (Å²) < 4.78 is 7.87. The number of nitrogens with one attached hydrogen (secondary N) is 1. The van der Waals surface area contributed by atoms with Crippen LogP contribution in [-0.2, 0) is 16.1 Å². The van der Waals surface area contributed by atoms with Crippen molar-refractivity contribution >= 4 is 23.4 Å². The number of rotatable bonds is 7. The number of aryl methyl sites for hydroxylation is 1. The lowest BCUT2D eigenvalue weighted by Crippen LogP contribution is -2.18. The molecule has 0 radical (unpaired) electrons. The Morgan fingerprint density at radius 2 is 2.07 bits per heavy atom. The molecular weight excluding hydrogens is 386 g/mol. The van der Waals surface area contributed by atoms with Crippen molar-refractivity contribution in [3.8, 4) is 11.4 Å². The molecule has 0 bridgehead atoms. The highest BCUT2D eigenvalue weighted by atomic mass is 32.2. The Hall–Kier alpha value is -2.71. The molecule has 0 saturated carbocycles. The standard InChI is InChI=1S/C21H23N5O2S/c1-15-5-2-3-7-18(15)23-19(27)14-29-21-25-24-20(16-8-10-22-11-9-16)26(21)13-17-6-4-12-28-17/h2-3,5,7-11,17H,4,6,12-14H2,1H3,(H,23,27)/t17-/m1/s1. The summed E-state index contributed by atoms with van der Waals surface area (Å²) in [5.74, 6) is 0.958. The fourth-order valence-corrected chi connectivity index (χ4v) is 4.04. The van der Waals surface area contributed by atoms with Gasteiger partial charge in [-0.2, -0.15) is 0 Å². The van der Waals surface area contributed by atoms with Crippen molar-refractivity contribution < 1.29 is 9.53 Å². The number of anilines is 1. The summed E-state index contributed by atoms with van der Waals surface area (Å²) in [5.41, 5.74) is 2.81. The van der Waals surface area contributed by atoms with Gasteiger partial charge in [-0.25, -0.2) is 0 Å². The third-order valence-electron chi connectivity index (χ3n) is 4.82. The highest BCUT2D eigenvalue weighted by Crippen LogP contribution is 2.26. The topological polar surface area (TPSA) is 81.9 Å². The van der Waals surface area contributed by atoms with E-state index in [1.54, 1.807) is 12.4 Å². The Morgan fingerprint density at radius 1 is 1.24 bits per heavy atom. The summed E-state index contributed by atoms with van der Waals surface area (Å²) in [5, 5.41) is 12.4. The second-order valence-corrected chi connectivity index (χ2v) is 7.88. The zero-order valence-electron chi connectivity index (χ0n) is 16.2. The van der Waals surface area contributed by atoms with Gasteiger partial charge in [-0.1, -0.05) is 30.0 Å². The Morgan fingerprint density at radius 3 is 2.83 bits per heavy atom. The zero-order valence-corrected chi connectivity index (χ0v) is 17.1. The number of thioether (sulfide) groups is 1. The minimum absolute atomic E-state index is 0.0681. The summed E-state index contributed by atoms with van der Waals surface area (Å²) >= 11 is 1.39. The minimum Gasteiger partial charge on any atom is -0.376 e. The summed E-state index contributed by atoms with van der Waals surface area (Å²) in [6.07, 6.45) is 5.71. The molecule has 150 valence electrons. The Bertz CT molecular complexity index is 970. The third kappa shape index (κ3) is 4.83. The van der Waals surface area contributed by atoms with E-state index in [2.05, 4.69) is 25.1 Å². The highest BCUT2D eigenvalue weighted by Gasteiger charge is 2.22. The fourth-order valence-electron chi connectivity index (χ4n) is 3.30. The number of aromatic nitrogens is 4. The second kappa shape index (κ2) is 9.19. The van der Waals surface area contributed by atoms with Crippen molar-refractivity contribution in [3.63, 3.8) is 0 Å². The van der Waals surface area contributed by atoms with Crippen molar-refractivity contribution in [1.82, 2.24) is 19.7 Å². The molecule has 3 heterocycles. The van der Waals surface area contributed by atoms with Crippen LogP contribution >= 0.6 is 11.8 Å². The molecule has 7 nitrogen and oxygen atoms in total. The van der Waals surface area contributed by atoms with Crippen molar-refractivity contribution in [2.24, 2.45) is 0 Å². The number of benzene rings is 1. The van der Waals surface area contributed by atoms with E-state index >= 15 is 0 Å². The van der Waals surface area contributed by atoms with Crippen molar-refractivity contribution in [1.29, 1.82) is 0 Å². The van der Waals surface area contributed by atoms with Gasteiger partial charge in [-0.15, -0.1) is 10.2 Å². The number of amides is 1. The van der Waals surface area contributed by atoms with Crippen LogP contribution in [0.5, 0.6) is 0 Å². The smallest absolute Gasteiger partial charge is 0.234 e. The van der Waals surface area contributed by atoms with Gasteiger partial charge in [-0.05, 0) is 43.5 Å². The maximum atomic E-state index is 12.4. The van der Waals surface area contributed by atoms with E-state index in [0.29, 0.717) is 11.7 Å². The van der Waals surface area contributed by atoms with Crippen LogP contribution in [0.1, 0.15) is 18.4 Å². The van der Waals surface area contributed by atoms with E-state index in [0.717, 1.165) is 42.1 Å². The number of hydrogen-bond acceptors (Lipinski definition) is 6. The van der Waals surface area contributed by atoms with E-state index in [-0.39, 0.29) is 17.8 Å². The van der Waals surface area contributed by atoms with Gasteiger partial charge >= 0.3 is 0 Å². The Labute approximate surface area is 173 Å². The van der Waals surface area contributed by atoms with Gasteiger partial charge in [0.05, 0.1) is 18.4 Å². The minimum atomic E-state index is -0.0681. The summed E-state index contributed by atoms with van der Waals surface area (Å²) in [6, 6.07) is 11.6. The molecule has 0 aliphatic carbocycles. The van der Waals surface area contributed by atoms with E-state index in [4.69, 9.17) is 4.74 Å². The SMILES string of the molecule is Cc1ccccc1NC(=O)CSc1nnc(-c2ccncc2)n1C[C@H]1CCCO1. The molecule has 1 saturated heterocycles. The summed E-state index contributed by atoms with van der Waals surface area (Å²) in [6.45, 7) is 3.44. The molecule has 3 aromatic rings. The zero-order chi connectivity index (χ0) is 20.1. The Kier molecular flexibility index (Phi) is 6.21. The first-order valence-corrected chi connectivity index (χ1v) is 10.6. The molecule has 29 heavy (non-hydrogen) atoms. The average molecular weight is 410 g/mol. The van der Waals surface area contributed by atoms with Gasteiger partial charge in [-0.3, -0.25) is 14.3 Å². The second-order valence-electron chi connectivity index (χ2n) is 6.94. The summed E-state index contributed by atoms with van der Waals surface area (Å²) in [7, 11) is 0. The van der Waals surface area contributed by atoms with Gasteiger partial charge in [0.1, 0.15) is 0 Å². The fraction of sp³-hybridized carbons (Fsp3) is 0.333. The molecule has 4 rings (SSSR count). The first-order chi connectivity index (χ1) is 14.2. The van der Waals surface area contributed by atoms with Gasteiger partial charge in [0.15, 0.2) is 11.0 Å². The van der Waals surface area contributed by atoms with Crippen LogP contribution in [0.15, 0.2) is 53.9 Å². The van der Waals surface area contributed by atoms with Gasteiger partial charge in [0.2, 0.25) is 5.91 Å². The van der Waals surface area contributed by atoms with Crippen LogP contribution in [-0.4, -0.2) is 44.1 Å². The lowest BCUT2D eigenvalue weighted by molar-refractivity contribution is -0.113. The van der Waals surface area contributed by atoms with Crippen LogP contribution in [0.4, 0.5) is 5.69 Å². The largest absolute Gasteiger partial charge is 0.376 e. The van der Waals surface area contributed by atoms with E-state index < -0.39 is 0 Å². The first-order valence-electron chi connectivity index (χ1n) is 9.64. The van der Waals surface area contributed by atoms with Crippen LogP contribution in [0.2, 0.25) is 0 Å².